The van der Waals surface area contributed by atoms with E-state index in [1.807, 2.05) is 48.1 Å². The summed E-state index contributed by atoms with van der Waals surface area (Å²) in [6.07, 6.45) is 7.16. The number of halogens is 1. The van der Waals surface area contributed by atoms with Gasteiger partial charge in [-0.05, 0) is 37.3 Å². The highest BCUT2D eigenvalue weighted by Gasteiger charge is 2.02. The number of aromatic nitrogens is 2. The van der Waals surface area contributed by atoms with Crippen LogP contribution < -0.4 is 15.4 Å². The van der Waals surface area contributed by atoms with Crippen LogP contribution in [0.25, 0.3) is 5.69 Å². The first kappa shape index (κ1) is 19.8. The third kappa shape index (κ3) is 5.77. The average Bonchev–Trinajstić information content (AvgIpc) is 3.06. The van der Waals surface area contributed by atoms with E-state index in [1.165, 1.54) is 0 Å². The lowest BCUT2D eigenvalue weighted by atomic mass is 10.3. The van der Waals surface area contributed by atoms with E-state index in [0.717, 1.165) is 23.7 Å². The zero-order chi connectivity index (χ0) is 16.5. The number of hydrogen-bond acceptors (Lipinski definition) is 3. The van der Waals surface area contributed by atoms with Gasteiger partial charge in [0.2, 0.25) is 0 Å². The molecule has 0 fully saturated rings. The maximum atomic E-state index is 5.25. The van der Waals surface area contributed by atoms with Crippen LogP contribution in [0, 0.1) is 12.3 Å². The number of benzene rings is 1. The van der Waals surface area contributed by atoms with Crippen LogP contribution in [-0.2, 0) is 6.54 Å². The van der Waals surface area contributed by atoms with Crippen LogP contribution in [0.15, 0.2) is 41.5 Å². The molecule has 24 heavy (non-hydrogen) atoms. The predicted octanol–water partition coefficient (Wildman–Crippen LogP) is 2.19. The van der Waals surface area contributed by atoms with E-state index in [1.54, 1.807) is 7.11 Å². The van der Waals surface area contributed by atoms with E-state index >= 15 is 0 Å². The Labute approximate surface area is 159 Å². The van der Waals surface area contributed by atoms with Crippen molar-refractivity contribution >= 4 is 29.9 Å². The molecule has 0 radical (unpaired) electrons. The zero-order valence-electron chi connectivity index (χ0n) is 13.8. The number of aliphatic imine (C=N–C) groups is 1. The molecule has 0 saturated carbocycles. The normalized spacial score (nSPS) is 10.5. The van der Waals surface area contributed by atoms with Gasteiger partial charge in [0, 0.05) is 12.7 Å². The van der Waals surface area contributed by atoms with Gasteiger partial charge >= 0.3 is 0 Å². The Bertz CT molecular complexity index is 688. The fraction of sp³-hybridized carbons (Fsp3) is 0.294. The van der Waals surface area contributed by atoms with Gasteiger partial charge < -0.3 is 15.4 Å². The summed E-state index contributed by atoms with van der Waals surface area (Å²) >= 11 is 0. The Kier molecular flexibility index (Phi) is 8.71. The van der Waals surface area contributed by atoms with Crippen LogP contribution in [0.5, 0.6) is 5.75 Å². The van der Waals surface area contributed by atoms with Gasteiger partial charge in [0.05, 0.1) is 31.6 Å². The quantitative estimate of drug-likeness (QED) is 0.314. The summed E-state index contributed by atoms with van der Waals surface area (Å²) in [5, 5.41) is 10.7. The van der Waals surface area contributed by atoms with E-state index in [9.17, 15) is 0 Å². The molecule has 1 aromatic carbocycles. The van der Waals surface area contributed by atoms with Crippen molar-refractivity contribution in [2.75, 3.05) is 20.2 Å². The molecule has 6 nitrogen and oxygen atoms in total. The predicted molar refractivity (Wildman–Crippen MR) is 107 cm³/mol. The fourth-order valence-corrected chi connectivity index (χ4v) is 1.96. The molecule has 0 atom stereocenters. The van der Waals surface area contributed by atoms with E-state index in [-0.39, 0.29) is 24.0 Å². The molecule has 0 spiro atoms. The Morgan fingerprint density at radius 2 is 2.04 bits per heavy atom. The minimum absolute atomic E-state index is 0. The van der Waals surface area contributed by atoms with Gasteiger partial charge in [-0.1, -0.05) is 5.92 Å². The number of nitrogens with zero attached hydrogens (tertiary/aromatic N) is 3. The van der Waals surface area contributed by atoms with Crippen molar-refractivity contribution in [2.24, 2.45) is 4.99 Å². The number of methoxy groups -OCH3 is 1. The largest absolute Gasteiger partial charge is 0.497 e. The summed E-state index contributed by atoms with van der Waals surface area (Å²) in [7, 11) is 1.65. The Morgan fingerprint density at radius 3 is 2.67 bits per heavy atom. The van der Waals surface area contributed by atoms with Crippen LogP contribution in [-0.4, -0.2) is 35.9 Å². The van der Waals surface area contributed by atoms with Gasteiger partial charge in [-0.3, -0.25) is 0 Å². The fourth-order valence-electron chi connectivity index (χ4n) is 1.96. The summed E-state index contributed by atoms with van der Waals surface area (Å²) in [6, 6.07) is 9.66. The molecule has 128 valence electrons. The van der Waals surface area contributed by atoms with Gasteiger partial charge in [-0.25, -0.2) is 9.67 Å². The van der Waals surface area contributed by atoms with Gasteiger partial charge in [0.1, 0.15) is 5.75 Å². The second kappa shape index (κ2) is 10.5. The van der Waals surface area contributed by atoms with Crippen molar-refractivity contribution < 1.29 is 4.74 Å². The number of guanidine groups is 1. The number of terminal acetylenes is 1. The van der Waals surface area contributed by atoms with E-state index < -0.39 is 0 Å². The minimum atomic E-state index is 0. The molecule has 0 saturated heterocycles. The molecule has 2 N–H and O–H groups in total. The highest BCUT2D eigenvalue weighted by atomic mass is 127. The maximum absolute atomic E-state index is 5.25. The van der Waals surface area contributed by atoms with Gasteiger partial charge in [0.15, 0.2) is 5.96 Å². The third-order valence-corrected chi connectivity index (χ3v) is 3.08. The first-order valence-corrected chi connectivity index (χ1v) is 7.41. The minimum Gasteiger partial charge on any atom is -0.497 e. The lowest BCUT2D eigenvalue weighted by molar-refractivity contribution is 0.414. The Balaban J connectivity index is 0.00000288. The smallest absolute Gasteiger partial charge is 0.192 e. The highest BCUT2D eigenvalue weighted by molar-refractivity contribution is 14.0. The molecule has 0 aliphatic rings. The topological polar surface area (TPSA) is 63.5 Å². The van der Waals surface area contributed by atoms with Gasteiger partial charge in [-0.15, -0.1) is 30.4 Å². The summed E-state index contributed by atoms with van der Waals surface area (Å²) < 4.78 is 6.97. The van der Waals surface area contributed by atoms with E-state index in [2.05, 4.69) is 26.6 Å². The van der Waals surface area contributed by atoms with Gasteiger partial charge in [0.25, 0.3) is 0 Å². The Morgan fingerprint density at radius 1 is 1.29 bits per heavy atom. The third-order valence-electron chi connectivity index (χ3n) is 3.08. The SMILES string of the molecule is C#CCNC(=NCc1ccn(-c2ccc(OC)cc2)n1)NCC.I. The molecule has 0 unspecified atom stereocenters. The highest BCUT2D eigenvalue weighted by Crippen LogP contribution is 2.14. The molecule has 0 bridgehead atoms. The molecule has 1 heterocycles. The van der Waals surface area contributed by atoms with Crippen molar-refractivity contribution in [3.8, 4) is 23.8 Å². The van der Waals surface area contributed by atoms with Crippen LogP contribution in [0.3, 0.4) is 0 Å². The molecular formula is C17H22IN5O. The van der Waals surface area contributed by atoms with Crippen LogP contribution >= 0.6 is 24.0 Å². The van der Waals surface area contributed by atoms with Crippen LogP contribution in [0.4, 0.5) is 0 Å². The second-order valence-electron chi connectivity index (χ2n) is 4.70. The summed E-state index contributed by atoms with van der Waals surface area (Å²) in [6.45, 7) is 3.69. The van der Waals surface area contributed by atoms with Crippen LogP contribution in [0.1, 0.15) is 12.6 Å². The molecule has 0 amide bonds. The molecule has 0 aliphatic heterocycles. The lowest BCUT2D eigenvalue weighted by Gasteiger charge is -2.08. The van der Waals surface area contributed by atoms with Gasteiger partial charge in [-0.2, -0.15) is 5.10 Å². The second-order valence-corrected chi connectivity index (χ2v) is 4.70. The van der Waals surface area contributed by atoms with Crippen molar-refractivity contribution in [2.45, 2.75) is 13.5 Å². The molecule has 2 rings (SSSR count). The van der Waals surface area contributed by atoms with Crippen molar-refractivity contribution in [1.29, 1.82) is 0 Å². The van der Waals surface area contributed by atoms with Crippen LogP contribution in [0.2, 0.25) is 0 Å². The average molecular weight is 439 g/mol. The van der Waals surface area contributed by atoms with Crippen molar-refractivity contribution in [3.05, 3.63) is 42.2 Å². The molecule has 2 aromatic rings. The standard InChI is InChI=1S/C17H21N5O.HI/c1-4-11-19-17(18-5-2)20-13-14-10-12-22(21-14)15-6-8-16(23-3)9-7-15;/h1,6-10,12H,5,11,13H2,2-3H3,(H2,18,19,20);1H. The van der Waals surface area contributed by atoms with E-state index in [4.69, 9.17) is 11.2 Å². The molecule has 1 aromatic heterocycles. The zero-order valence-corrected chi connectivity index (χ0v) is 16.2. The number of rotatable bonds is 6. The first-order chi connectivity index (χ1) is 11.3. The number of hydrogen-bond donors (Lipinski definition) is 2. The Hall–Kier alpha value is -2.21. The number of ether oxygens (including phenoxy) is 1. The molecule has 7 heteroatoms. The molecule has 0 aliphatic carbocycles. The summed E-state index contributed by atoms with van der Waals surface area (Å²) in [5.74, 6) is 4.03. The van der Waals surface area contributed by atoms with Crippen molar-refractivity contribution in [3.63, 3.8) is 0 Å². The maximum Gasteiger partial charge on any atom is 0.192 e. The summed E-state index contributed by atoms with van der Waals surface area (Å²) in [5.41, 5.74) is 1.84. The molecular weight excluding hydrogens is 417 g/mol. The number of nitrogens with one attached hydrogen (secondary N) is 2. The monoisotopic (exact) mass is 439 g/mol. The lowest BCUT2D eigenvalue weighted by Crippen LogP contribution is -2.37. The van der Waals surface area contributed by atoms with E-state index in [0.29, 0.717) is 19.0 Å². The van der Waals surface area contributed by atoms with Crippen molar-refractivity contribution in [1.82, 2.24) is 20.4 Å². The summed E-state index contributed by atoms with van der Waals surface area (Å²) in [4.78, 5) is 4.46. The first-order valence-electron chi connectivity index (χ1n) is 7.41.